The second-order valence-corrected chi connectivity index (χ2v) is 7.38. The predicted molar refractivity (Wildman–Crippen MR) is 101 cm³/mol. The van der Waals surface area contributed by atoms with Gasteiger partial charge in [0, 0.05) is 18.6 Å². The summed E-state index contributed by atoms with van der Waals surface area (Å²) in [6.45, 7) is 5.64. The van der Waals surface area contributed by atoms with E-state index in [2.05, 4.69) is 33.2 Å². The molecular formula is C20H22N4O4. The highest BCUT2D eigenvalue weighted by atomic mass is 16.6. The van der Waals surface area contributed by atoms with E-state index >= 15 is 0 Å². The fourth-order valence-electron chi connectivity index (χ4n) is 4.24. The number of aromatic nitrogens is 3. The van der Waals surface area contributed by atoms with Gasteiger partial charge in [0.1, 0.15) is 11.6 Å². The summed E-state index contributed by atoms with van der Waals surface area (Å²) in [6, 6.07) is 6.28. The maximum absolute atomic E-state index is 11.8. The van der Waals surface area contributed by atoms with Crippen molar-refractivity contribution in [1.29, 1.82) is 0 Å². The van der Waals surface area contributed by atoms with Crippen LogP contribution in [0.15, 0.2) is 22.7 Å². The Kier molecular flexibility index (Phi) is 4.08. The first-order valence-corrected chi connectivity index (χ1v) is 9.58. The lowest BCUT2D eigenvalue weighted by Gasteiger charge is -2.25. The minimum Gasteiger partial charge on any atom is -0.449 e. The van der Waals surface area contributed by atoms with Crippen molar-refractivity contribution < 1.29 is 18.8 Å². The Morgan fingerprint density at radius 2 is 2.11 bits per heavy atom. The maximum atomic E-state index is 11.8. The van der Waals surface area contributed by atoms with E-state index in [9.17, 15) is 4.79 Å². The molecule has 146 valence electrons. The average Bonchev–Trinajstić information content (AvgIpc) is 3.40. The minimum absolute atomic E-state index is 0.170. The monoisotopic (exact) mass is 382 g/mol. The van der Waals surface area contributed by atoms with E-state index in [4.69, 9.17) is 19.0 Å². The lowest BCUT2D eigenvalue weighted by molar-refractivity contribution is 0.113. The quantitative estimate of drug-likeness (QED) is 0.746. The molecule has 0 unspecified atom stereocenters. The van der Waals surface area contributed by atoms with Gasteiger partial charge in [0.2, 0.25) is 0 Å². The van der Waals surface area contributed by atoms with E-state index < -0.39 is 6.09 Å². The molecule has 28 heavy (non-hydrogen) atoms. The highest BCUT2D eigenvalue weighted by Gasteiger charge is 2.30. The SMILES string of the molecule is Cc1noc(C)c1-c1ccc2c(c1)nc([C@@H]1CCOC(=O)N1)n2[C@H]1CCOC1. The molecule has 4 heterocycles. The topological polar surface area (TPSA) is 91.4 Å². The number of cyclic esters (lactones) is 1. The number of benzene rings is 1. The zero-order valence-electron chi connectivity index (χ0n) is 15.9. The number of imidazole rings is 1. The molecule has 1 aromatic carbocycles. The molecule has 2 fully saturated rings. The van der Waals surface area contributed by atoms with E-state index in [1.165, 1.54) is 0 Å². The summed E-state index contributed by atoms with van der Waals surface area (Å²) < 4.78 is 18.2. The third-order valence-corrected chi connectivity index (χ3v) is 5.55. The Labute approximate surface area is 161 Å². The van der Waals surface area contributed by atoms with Crippen LogP contribution < -0.4 is 5.32 Å². The van der Waals surface area contributed by atoms with E-state index in [0.29, 0.717) is 19.6 Å². The lowest BCUT2D eigenvalue weighted by Crippen LogP contribution is -2.37. The summed E-state index contributed by atoms with van der Waals surface area (Å²) >= 11 is 0. The van der Waals surface area contributed by atoms with Crippen molar-refractivity contribution in [3.63, 3.8) is 0 Å². The number of ether oxygens (including phenoxy) is 2. The Morgan fingerprint density at radius 1 is 1.21 bits per heavy atom. The number of rotatable bonds is 3. The molecule has 2 aliphatic rings. The van der Waals surface area contributed by atoms with Crippen molar-refractivity contribution in [2.45, 2.75) is 38.8 Å². The molecular weight excluding hydrogens is 360 g/mol. The summed E-state index contributed by atoms with van der Waals surface area (Å²) in [5.74, 6) is 1.65. The van der Waals surface area contributed by atoms with Gasteiger partial charge in [-0.15, -0.1) is 0 Å². The molecule has 2 atom stereocenters. The van der Waals surface area contributed by atoms with Crippen molar-refractivity contribution >= 4 is 17.1 Å². The number of hydrogen-bond acceptors (Lipinski definition) is 6. The van der Waals surface area contributed by atoms with Crippen molar-refractivity contribution in [3.05, 3.63) is 35.5 Å². The number of nitrogens with one attached hydrogen (secondary N) is 1. The number of nitrogens with zero attached hydrogens (tertiary/aromatic N) is 3. The summed E-state index contributed by atoms with van der Waals surface area (Å²) in [6.07, 6.45) is 1.23. The number of aryl methyl sites for hydroxylation is 2. The second kappa shape index (κ2) is 6.63. The van der Waals surface area contributed by atoms with Gasteiger partial charge in [0.25, 0.3) is 0 Å². The van der Waals surface area contributed by atoms with Crippen molar-refractivity contribution in [1.82, 2.24) is 20.0 Å². The van der Waals surface area contributed by atoms with Gasteiger partial charge in [0.15, 0.2) is 0 Å². The first-order valence-electron chi connectivity index (χ1n) is 9.58. The highest BCUT2D eigenvalue weighted by Crippen LogP contribution is 2.34. The number of hydrogen-bond donors (Lipinski definition) is 1. The largest absolute Gasteiger partial charge is 0.449 e. The van der Waals surface area contributed by atoms with Crippen LogP contribution in [0, 0.1) is 13.8 Å². The Hall–Kier alpha value is -2.87. The molecule has 1 amide bonds. The molecule has 8 nitrogen and oxygen atoms in total. The molecule has 0 aliphatic carbocycles. The Bertz CT molecular complexity index is 1030. The molecule has 2 saturated heterocycles. The zero-order chi connectivity index (χ0) is 19.3. The number of alkyl carbamates (subject to hydrolysis) is 1. The third-order valence-electron chi connectivity index (χ3n) is 5.55. The van der Waals surface area contributed by atoms with Gasteiger partial charge in [-0.1, -0.05) is 11.2 Å². The normalized spacial score (nSPS) is 22.4. The molecule has 8 heteroatoms. The number of carbonyl (C=O) groups excluding carboxylic acids is 1. The van der Waals surface area contributed by atoms with Crippen LogP contribution in [0.5, 0.6) is 0 Å². The zero-order valence-corrected chi connectivity index (χ0v) is 15.9. The van der Waals surface area contributed by atoms with Crippen LogP contribution in [-0.2, 0) is 9.47 Å². The van der Waals surface area contributed by atoms with Crippen molar-refractivity contribution in [3.8, 4) is 11.1 Å². The fourth-order valence-corrected chi connectivity index (χ4v) is 4.24. The van der Waals surface area contributed by atoms with Crippen LogP contribution in [0.4, 0.5) is 4.79 Å². The molecule has 1 N–H and O–H groups in total. The van der Waals surface area contributed by atoms with E-state index in [1.54, 1.807) is 0 Å². The van der Waals surface area contributed by atoms with Crippen LogP contribution >= 0.6 is 0 Å². The van der Waals surface area contributed by atoms with Gasteiger partial charge in [-0.05, 0) is 38.0 Å². The highest BCUT2D eigenvalue weighted by molar-refractivity contribution is 5.84. The smallest absolute Gasteiger partial charge is 0.407 e. The van der Waals surface area contributed by atoms with Crippen LogP contribution in [0.3, 0.4) is 0 Å². The summed E-state index contributed by atoms with van der Waals surface area (Å²) in [5.41, 5.74) is 4.82. The molecule has 0 radical (unpaired) electrons. The predicted octanol–water partition coefficient (Wildman–Crippen LogP) is 3.44. The maximum Gasteiger partial charge on any atom is 0.407 e. The van der Waals surface area contributed by atoms with Gasteiger partial charge in [0.05, 0.1) is 42.0 Å². The van der Waals surface area contributed by atoms with Crippen LogP contribution in [0.2, 0.25) is 0 Å². The molecule has 2 aromatic heterocycles. The molecule has 0 bridgehead atoms. The summed E-state index contributed by atoms with van der Waals surface area (Å²) in [4.78, 5) is 16.7. The van der Waals surface area contributed by atoms with Gasteiger partial charge >= 0.3 is 6.09 Å². The molecule has 5 rings (SSSR count). The average molecular weight is 382 g/mol. The van der Waals surface area contributed by atoms with E-state index in [1.807, 2.05) is 13.8 Å². The standard InChI is InChI=1S/C20H22N4O4/c1-11-18(12(2)28-23-11)13-3-4-17-16(9-13)21-19(15-6-8-27-20(25)22-15)24(17)14-5-7-26-10-14/h3-4,9,14-15H,5-8,10H2,1-2H3,(H,22,25)/t14-,15-/m0/s1. The van der Waals surface area contributed by atoms with Gasteiger partial charge in [-0.25, -0.2) is 9.78 Å². The first-order chi connectivity index (χ1) is 13.6. The lowest BCUT2D eigenvalue weighted by atomic mass is 10.0. The fraction of sp³-hybridized carbons (Fsp3) is 0.450. The number of fused-ring (bicyclic) bond motifs is 1. The van der Waals surface area contributed by atoms with E-state index in [0.717, 1.165) is 52.5 Å². The first kappa shape index (κ1) is 17.2. The van der Waals surface area contributed by atoms with Crippen molar-refractivity contribution in [2.24, 2.45) is 0 Å². The molecule has 0 spiro atoms. The molecule has 3 aromatic rings. The molecule has 2 aliphatic heterocycles. The van der Waals surface area contributed by atoms with Gasteiger partial charge in [-0.2, -0.15) is 0 Å². The Morgan fingerprint density at radius 3 is 2.82 bits per heavy atom. The minimum atomic E-state index is -0.395. The van der Waals surface area contributed by atoms with Crippen molar-refractivity contribution in [2.75, 3.05) is 19.8 Å². The van der Waals surface area contributed by atoms with E-state index in [-0.39, 0.29) is 12.1 Å². The summed E-state index contributed by atoms with van der Waals surface area (Å²) in [7, 11) is 0. The Balaban J connectivity index is 1.65. The van der Waals surface area contributed by atoms with Gasteiger partial charge < -0.3 is 23.9 Å². The van der Waals surface area contributed by atoms with Crippen LogP contribution in [0.25, 0.3) is 22.2 Å². The van der Waals surface area contributed by atoms with Gasteiger partial charge in [-0.3, -0.25) is 0 Å². The second-order valence-electron chi connectivity index (χ2n) is 7.38. The third kappa shape index (κ3) is 2.75. The van der Waals surface area contributed by atoms with Crippen LogP contribution in [-0.4, -0.2) is 40.6 Å². The van der Waals surface area contributed by atoms with Crippen LogP contribution in [0.1, 0.15) is 42.2 Å². The molecule has 0 saturated carbocycles. The number of amides is 1. The summed E-state index contributed by atoms with van der Waals surface area (Å²) in [5, 5.41) is 6.97. The number of carbonyl (C=O) groups is 1.